The third-order valence-electron chi connectivity index (χ3n) is 6.59. The second kappa shape index (κ2) is 9.98. The van der Waals surface area contributed by atoms with Gasteiger partial charge in [0.05, 0.1) is 64.9 Å². The summed E-state index contributed by atoms with van der Waals surface area (Å²) in [6, 6.07) is 1.81. The Morgan fingerprint density at radius 1 is 1.27 bits per heavy atom. The summed E-state index contributed by atoms with van der Waals surface area (Å²) in [6.45, 7) is 9.58. The molecule has 2 bridgehead atoms. The smallest absolute Gasteiger partial charge is 0.240 e. The van der Waals surface area contributed by atoms with E-state index in [0.29, 0.717) is 31.5 Å². The molecule has 11 heteroatoms. The lowest BCUT2D eigenvalue weighted by Crippen LogP contribution is -2.32. The first kappa shape index (κ1) is 25.0. The first-order chi connectivity index (χ1) is 17.8. The molecule has 5 rings (SSSR count). The highest BCUT2D eigenvalue weighted by atomic mass is 16.5. The van der Waals surface area contributed by atoms with Crippen molar-refractivity contribution in [1.82, 2.24) is 39.6 Å². The molecule has 0 unspecified atom stereocenters. The molecular weight excluding hydrogens is 472 g/mol. The number of aryl methyl sites for hydroxylation is 2. The molecule has 0 radical (unpaired) electrons. The molecule has 196 valence electrons. The first-order valence-corrected chi connectivity index (χ1v) is 12.6. The zero-order chi connectivity index (χ0) is 26.3. The Labute approximate surface area is 215 Å². The predicted molar refractivity (Wildman–Crippen MR) is 141 cm³/mol. The van der Waals surface area contributed by atoms with E-state index in [2.05, 4.69) is 20.2 Å². The molecule has 0 aliphatic carbocycles. The second-order valence-corrected chi connectivity index (χ2v) is 9.65. The van der Waals surface area contributed by atoms with Gasteiger partial charge in [0, 0.05) is 25.5 Å². The number of rotatable bonds is 4. The van der Waals surface area contributed by atoms with Crippen molar-refractivity contribution >= 4 is 23.1 Å². The van der Waals surface area contributed by atoms with Gasteiger partial charge >= 0.3 is 0 Å². The van der Waals surface area contributed by atoms with Crippen molar-refractivity contribution in [2.75, 3.05) is 26.8 Å². The summed E-state index contributed by atoms with van der Waals surface area (Å²) in [4.78, 5) is 6.88. The Kier molecular flexibility index (Phi) is 6.74. The fourth-order valence-corrected chi connectivity index (χ4v) is 4.89. The van der Waals surface area contributed by atoms with Crippen LogP contribution in [-0.4, -0.2) is 77.7 Å². The molecule has 11 nitrogen and oxygen atoms in total. The minimum absolute atomic E-state index is 0.0327. The van der Waals surface area contributed by atoms with Crippen LogP contribution in [0.1, 0.15) is 49.5 Å². The van der Waals surface area contributed by atoms with Gasteiger partial charge < -0.3 is 14.6 Å². The molecule has 37 heavy (non-hydrogen) atoms. The quantitative estimate of drug-likeness (QED) is 0.433. The molecule has 5 heterocycles. The minimum atomic E-state index is -0.208. The Morgan fingerprint density at radius 2 is 2.08 bits per heavy atom. The summed E-state index contributed by atoms with van der Waals surface area (Å²) in [6.07, 6.45) is 5.62. The van der Waals surface area contributed by atoms with Crippen molar-refractivity contribution in [3.63, 3.8) is 0 Å². The SMILES string of the molecule is CCOc1nn([C@H](C)CO)c2c1/C=C/c1n[nH]c3cnc(cc13)-c1c(C)nn(C)c1O[C@@H](C)CN(C)C2. The van der Waals surface area contributed by atoms with Crippen LogP contribution in [-0.2, 0) is 13.6 Å². The monoisotopic (exact) mass is 506 g/mol. The fraction of sp³-hybridized carbons (Fsp3) is 0.462. The summed E-state index contributed by atoms with van der Waals surface area (Å²) in [5.74, 6) is 1.21. The van der Waals surface area contributed by atoms with Crippen LogP contribution in [0.3, 0.4) is 0 Å². The van der Waals surface area contributed by atoms with Crippen molar-refractivity contribution in [2.45, 2.75) is 46.4 Å². The molecule has 0 saturated heterocycles. The predicted octanol–water partition coefficient (Wildman–Crippen LogP) is 3.20. The standard InChI is InChI=1S/C26H34N8O3/c1-7-36-25-18-8-9-20-19-10-21(27-11-22(19)29-28-20)24-17(4)30-33(6)26(24)37-16(3)12-32(5)13-23(18)34(31-25)15(2)14-35/h8-11,15-16,35H,7,12-14H2,1-6H3,(H,28,29)/b9-8+/t15-,16+/m1/s1. The Balaban J connectivity index is 1.72. The van der Waals surface area contributed by atoms with Crippen LogP contribution in [0.4, 0.5) is 0 Å². The summed E-state index contributed by atoms with van der Waals surface area (Å²) in [5, 5.41) is 27.8. The van der Waals surface area contributed by atoms with Crippen molar-refractivity contribution in [3.8, 4) is 23.0 Å². The summed E-state index contributed by atoms with van der Waals surface area (Å²) < 4.78 is 16.0. The van der Waals surface area contributed by atoms with E-state index in [4.69, 9.17) is 19.6 Å². The maximum Gasteiger partial charge on any atom is 0.240 e. The highest BCUT2D eigenvalue weighted by molar-refractivity contribution is 5.92. The van der Waals surface area contributed by atoms with Crippen LogP contribution in [0.2, 0.25) is 0 Å². The third kappa shape index (κ3) is 4.60. The zero-order valence-corrected chi connectivity index (χ0v) is 22.2. The number of nitrogens with zero attached hydrogens (tertiary/aromatic N) is 7. The van der Waals surface area contributed by atoms with Crippen LogP contribution in [0, 0.1) is 6.92 Å². The maximum atomic E-state index is 9.94. The van der Waals surface area contributed by atoms with Crippen LogP contribution in [0.5, 0.6) is 11.8 Å². The number of nitrogens with one attached hydrogen (secondary N) is 1. The van der Waals surface area contributed by atoms with Crippen molar-refractivity contribution < 1.29 is 14.6 Å². The van der Waals surface area contributed by atoms with Crippen LogP contribution >= 0.6 is 0 Å². The van der Waals surface area contributed by atoms with E-state index < -0.39 is 0 Å². The van der Waals surface area contributed by atoms with Gasteiger partial charge in [0.1, 0.15) is 6.10 Å². The van der Waals surface area contributed by atoms with E-state index in [1.54, 1.807) is 10.9 Å². The lowest BCUT2D eigenvalue weighted by Gasteiger charge is -2.24. The number of aromatic amines is 1. The molecule has 2 N–H and O–H groups in total. The second-order valence-electron chi connectivity index (χ2n) is 9.65. The number of H-pyrrole nitrogens is 1. The molecule has 0 saturated carbocycles. The summed E-state index contributed by atoms with van der Waals surface area (Å²) >= 11 is 0. The topological polar surface area (TPSA) is 119 Å². The number of aromatic nitrogens is 7. The molecule has 0 spiro atoms. The molecule has 1 aliphatic rings. The van der Waals surface area contributed by atoms with Gasteiger partial charge in [-0.25, -0.2) is 4.68 Å². The Bertz CT molecular complexity index is 1450. The average molecular weight is 507 g/mol. The number of ether oxygens (including phenoxy) is 2. The van der Waals surface area contributed by atoms with Gasteiger partial charge in [-0.2, -0.15) is 10.2 Å². The number of pyridine rings is 1. The molecular formula is C26H34N8O3. The van der Waals surface area contributed by atoms with E-state index in [0.717, 1.165) is 44.8 Å². The Hall–Kier alpha value is -3.70. The number of aliphatic hydroxyl groups is 1. The van der Waals surface area contributed by atoms with Crippen molar-refractivity contribution in [1.29, 1.82) is 0 Å². The zero-order valence-electron chi connectivity index (χ0n) is 22.2. The van der Waals surface area contributed by atoms with Gasteiger partial charge in [-0.1, -0.05) is 0 Å². The number of aliphatic hydroxyl groups excluding tert-OH is 1. The fourth-order valence-electron chi connectivity index (χ4n) is 4.89. The highest BCUT2D eigenvalue weighted by Crippen LogP contribution is 2.35. The van der Waals surface area contributed by atoms with Gasteiger partial charge in [-0.3, -0.25) is 19.7 Å². The molecule has 0 aromatic carbocycles. The van der Waals surface area contributed by atoms with Crippen molar-refractivity contribution in [2.24, 2.45) is 7.05 Å². The lowest BCUT2D eigenvalue weighted by atomic mass is 10.1. The maximum absolute atomic E-state index is 9.94. The normalized spacial score (nSPS) is 18.1. The number of fused-ring (bicyclic) bond motifs is 4. The van der Waals surface area contributed by atoms with E-state index in [9.17, 15) is 5.11 Å². The van der Waals surface area contributed by atoms with E-state index >= 15 is 0 Å². The number of likely N-dealkylation sites (N-methyl/N-ethyl adjacent to an activating group) is 1. The molecule has 2 atom stereocenters. The molecule has 0 fully saturated rings. The lowest BCUT2D eigenvalue weighted by molar-refractivity contribution is 0.145. The highest BCUT2D eigenvalue weighted by Gasteiger charge is 2.25. The number of hydrogen-bond donors (Lipinski definition) is 2. The van der Waals surface area contributed by atoms with Gasteiger partial charge in [0.25, 0.3) is 0 Å². The van der Waals surface area contributed by atoms with E-state index in [-0.39, 0.29) is 18.8 Å². The van der Waals surface area contributed by atoms with E-state index in [1.807, 2.05) is 64.7 Å². The van der Waals surface area contributed by atoms with Crippen LogP contribution in [0.25, 0.3) is 34.3 Å². The van der Waals surface area contributed by atoms with Crippen LogP contribution < -0.4 is 9.47 Å². The van der Waals surface area contributed by atoms with Gasteiger partial charge in [0.2, 0.25) is 11.8 Å². The van der Waals surface area contributed by atoms with Gasteiger partial charge in [-0.05, 0) is 53.0 Å². The van der Waals surface area contributed by atoms with Gasteiger partial charge in [-0.15, -0.1) is 5.10 Å². The van der Waals surface area contributed by atoms with Crippen molar-refractivity contribution in [3.05, 3.63) is 34.9 Å². The van der Waals surface area contributed by atoms with Gasteiger partial charge in [0.15, 0.2) is 0 Å². The largest absolute Gasteiger partial charge is 0.476 e. The minimum Gasteiger partial charge on any atom is -0.476 e. The molecule has 4 aromatic rings. The first-order valence-electron chi connectivity index (χ1n) is 12.6. The Morgan fingerprint density at radius 3 is 2.84 bits per heavy atom. The average Bonchev–Trinajstić information content (AvgIpc) is 3.50. The van der Waals surface area contributed by atoms with E-state index in [1.165, 1.54) is 0 Å². The summed E-state index contributed by atoms with van der Waals surface area (Å²) in [5.41, 5.74) is 5.92. The third-order valence-corrected chi connectivity index (χ3v) is 6.59. The molecule has 4 aromatic heterocycles. The molecule has 0 amide bonds. The number of hydrogen-bond acceptors (Lipinski definition) is 8. The van der Waals surface area contributed by atoms with Crippen LogP contribution in [0.15, 0.2) is 12.3 Å². The summed E-state index contributed by atoms with van der Waals surface area (Å²) in [7, 11) is 3.93. The molecule has 1 aliphatic heterocycles.